The number of nitrogens with one attached hydrogen (secondary N) is 1. The normalized spacial score (nSPS) is 13.9. The maximum atomic E-state index is 13.0. The molecule has 0 atom stereocenters. The molecule has 1 N–H and O–H groups in total. The van der Waals surface area contributed by atoms with E-state index in [1.54, 1.807) is 18.2 Å². The topological polar surface area (TPSA) is 111 Å². The third kappa shape index (κ3) is 5.48. The molecule has 9 nitrogen and oxygen atoms in total. The smallest absolute Gasteiger partial charge is 0.357 e. The molecule has 1 aliphatic rings. The molecule has 5 rings (SSSR count). The lowest BCUT2D eigenvalue weighted by Crippen LogP contribution is -2.28. The number of carbonyl (C=O) groups excluding carboxylic acids is 2. The van der Waals surface area contributed by atoms with Crippen LogP contribution in [-0.4, -0.2) is 54.1 Å². The van der Waals surface area contributed by atoms with Gasteiger partial charge in [0, 0.05) is 24.8 Å². The first kappa shape index (κ1) is 24.9. The maximum absolute atomic E-state index is 13.0. The third-order valence-electron chi connectivity index (χ3n) is 5.85. The summed E-state index contributed by atoms with van der Waals surface area (Å²) in [5, 5.41) is 9.10. The molecule has 37 heavy (non-hydrogen) atoms. The second kappa shape index (κ2) is 10.7. The molecular weight excluding hydrogens is 512 g/mol. The van der Waals surface area contributed by atoms with Crippen LogP contribution in [0.2, 0.25) is 0 Å². The average Bonchev–Trinajstić information content (AvgIpc) is 3.69. The van der Waals surface area contributed by atoms with E-state index in [-0.39, 0.29) is 10.6 Å². The van der Waals surface area contributed by atoms with E-state index in [1.807, 2.05) is 47.8 Å². The van der Waals surface area contributed by atoms with Gasteiger partial charge in [-0.1, -0.05) is 30.3 Å². The van der Waals surface area contributed by atoms with Gasteiger partial charge in [-0.05, 0) is 54.6 Å². The Kier molecular flexibility index (Phi) is 7.17. The highest BCUT2D eigenvalue weighted by Crippen LogP contribution is 2.26. The summed E-state index contributed by atoms with van der Waals surface area (Å²) in [6.07, 6.45) is 1.66. The number of hydrogen-bond donors (Lipinski definition) is 1. The zero-order valence-electron chi connectivity index (χ0n) is 19.7. The zero-order chi connectivity index (χ0) is 25.8. The summed E-state index contributed by atoms with van der Waals surface area (Å²) in [6, 6.07) is 20.7. The number of carbonyl (C=O) groups is 2. The Balaban J connectivity index is 1.28. The number of para-hydroxylation sites is 1. The molecule has 0 unspecified atom stereocenters. The van der Waals surface area contributed by atoms with Crippen LogP contribution in [0.25, 0.3) is 16.3 Å². The van der Waals surface area contributed by atoms with Gasteiger partial charge in [0.2, 0.25) is 10.0 Å². The van der Waals surface area contributed by atoms with Crippen molar-refractivity contribution in [2.45, 2.75) is 17.7 Å². The SMILES string of the molecule is O=C(COC(=O)c1cc(-c2cccs2)nn1-c1ccccc1)Nc1cccc(S(=O)(=O)N2CCCC2)c1. The Morgan fingerprint density at radius 2 is 1.76 bits per heavy atom. The highest BCUT2D eigenvalue weighted by molar-refractivity contribution is 7.89. The van der Waals surface area contributed by atoms with Gasteiger partial charge in [0.05, 0.1) is 15.5 Å². The molecule has 0 radical (unpaired) electrons. The minimum absolute atomic E-state index is 0.108. The Labute approximate surface area is 218 Å². The lowest BCUT2D eigenvalue weighted by molar-refractivity contribution is -0.119. The second-order valence-corrected chi connectivity index (χ2v) is 11.3. The summed E-state index contributed by atoms with van der Waals surface area (Å²) in [5.74, 6) is -1.30. The van der Waals surface area contributed by atoms with Gasteiger partial charge < -0.3 is 10.1 Å². The van der Waals surface area contributed by atoms with Crippen LogP contribution < -0.4 is 5.32 Å². The predicted octanol–water partition coefficient (Wildman–Crippen LogP) is 4.18. The van der Waals surface area contributed by atoms with Crippen molar-refractivity contribution in [3.05, 3.63) is 83.9 Å². The monoisotopic (exact) mass is 536 g/mol. The number of ether oxygens (including phenoxy) is 1. The molecule has 1 amide bonds. The fraction of sp³-hybridized carbons (Fsp3) is 0.192. The quantitative estimate of drug-likeness (QED) is 0.338. The Bertz CT molecular complexity index is 1510. The first-order chi connectivity index (χ1) is 17.9. The van der Waals surface area contributed by atoms with Crippen LogP contribution in [0.1, 0.15) is 23.3 Å². The van der Waals surface area contributed by atoms with E-state index in [4.69, 9.17) is 4.74 Å². The van der Waals surface area contributed by atoms with Crippen LogP contribution in [-0.2, 0) is 19.6 Å². The molecule has 11 heteroatoms. The van der Waals surface area contributed by atoms with Gasteiger partial charge in [-0.2, -0.15) is 9.40 Å². The van der Waals surface area contributed by atoms with E-state index >= 15 is 0 Å². The Morgan fingerprint density at radius 1 is 0.973 bits per heavy atom. The average molecular weight is 537 g/mol. The molecular formula is C26H24N4O5S2. The number of thiophene rings is 1. The summed E-state index contributed by atoms with van der Waals surface area (Å²) in [7, 11) is -3.62. The van der Waals surface area contributed by atoms with Crippen LogP contribution in [0.15, 0.2) is 83.1 Å². The summed E-state index contributed by atoms with van der Waals surface area (Å²) in [4.78, 5) is 26.5. The van der Waals surface area contributed by atoms with Crippen molar-refractivity contribution < 1.29 is 22.7 Å². The molecule has 0 bridgehead atoms. The number of benzene rings is 2. The highest BCUT2D eigenvalue weighted by Gasteiger charge is 2.27. The number of hydrogen-bond acceptors (Lipinski definition) is 7. The van der Waals surface area contributed by atoms with Crippen LogP contribution >= 0.6 is 11.3 Å². The van der Waals surface area contributed by atoms with E-state index in [0.717, 1.165) is 17.7 Å². The van der Waals surface area contributed by atoms with Gasteiger partial charge in [0.1, 0.15) is 5.69 Å². The van der Waals surface area contributed by atoms with Crippen molar-refractivity contribution >= 4 is 38.9 Å². The number of nitrogens with zero attached hydrogens (tertiary/aromatic N) is 3. The molecule has 0 spiro atoms. The van der Waals surface area contributed by atoms with Crippen LogP contribution in [0.3, 0.4) is 0 Å². The summed E-state index contributed by atoms with van der Waals surface area (Å²) in [5.41, 5.74) is 1.78. The first-order valence-corrected chi connectivity index (χ1v) is 14.0. The predicted molar refractivity (Wildman–Crippen MR) is 140 cm³/mol. The van der Waals surface area contributed by atoms with Crippen LogP contribution in [0.4, 0.5) is 5.69 Å². The lowest BCUT2D eigenvalue weighted by Gasteiger charge is -2.16. The zero-order valence-corrected chi connectivity index (χ0v) is 21.4. The molecule has 1 aliphatic heterocycles. The van der Waals surface area contributed by atoms with Gasteiger partial charge in [-0.25, -0.2) is 17.9 Å². The Morgan fingerprint density at radius 3 is 2.49 bits per heavy atom. The fourth-order valence-electron chi connectivity index (χ4n) is 4.05. The number of rotatable bonds is 8. The van der Waals surface area contributed by atoms with Crippen molar-refractivity contribution in [2.24, 2.45) is 0 Å². The van der Waals surface area contributed by atoms with Crippen molar-refractivity contribution in [3.63, 3.8) is 0 Å². The molecule has 4 aromatic rings. The van der Waals surface area contributed by atoms with E-state index in [0.29, 0.717) is 30.2 Å². The van der Waals surface area contributed by atoms with Gasteiger partial charge in [-0.15, -0.1) is 11.3 Å². The van der Waals surface area contributed by atoms with Crippen molar-refractivity contribution in [1.29, 1.82) is 0 Å². The lowest BCUT2D eigenvalue weighted by atomic mass is 10.3. The molecule has 190 valence electrons. The summed E-state index contributed by atoms with van der Waals surface area (Å²) in [6.45, 7) is 0.432. The second-order valence-electron chi connectivity index (χ2n) is 8.40. The van der Waals surface area contributed by atoms with Crippen LogP contribution in [0.5, 0.6) is 0 Å². The summed E-state index contributed by atoms with van der Waals surface area (Å²) >= 11 is 1.50. The fourth-order valence-corrected chi connectivity index (χ4v) is 6.30. The molecule has 1 saturated heterocycles. The molecule has 0 saturated carbocycles. The molecule has 0 aliphatic carbocycles. The van der Waals surface area contributed by atoms with Gasteiger partial charge in [-0.3, -0.25) is 4.79 Å². The summed E-state index contributed by atoms with van der Waals surface area (Å²) < 4.78 is 33.9. The number of aromatic nitrogens is 2. The highest BCUT2D eigenvalue weighted by atomic mass is 32.2. The molecule has 3 heterocycles. The maximum Gasteiger partial charge on any atom is 0.357 e. The Hall–Kier alpha value is -3.80. The standard InChI is InChI=1S/C26H24N4O5S2/c31-25(27-19-8-6-11-21(16-19)37(33,34)29-13-4-5-14-29)18-35-26(32)23-17-22(24-12-7-15-36-24)28-30(23)20-9-2-1-3-10-20/h1-3,6-12,15-17H,4-5,13-14,18H2,(H,27,31). The van der Waals surface area contributed by atoms with E-state index in [2.05, 4.69) is 10.4 Å². The van der Waals surface area contributed by atoms with E-state index in [9.17, 15) is 18.0 Å². The largest absolute Gasteiger partial charge is 0.451 e. The number of anilines is 1. The molecule has 1 fully saturated rings. The first-order valence-electron chi connectivity index (χ1n) is 11.7. The minimum Gasteiger partial charge on any atom is -0.451 e. The van der Waals surface area contributed by atoms with E-state index in [1.165, 1.54) is 32.5 Å². The van der Waals surface area contributed by atoms with E-state index < -0.39 is 28.5 Å². The van der Waals surface area contributed by atoms with Gasteiger partial charge in [0.15, 0.2) is 12.3 Å². The van der Waals surface area contributed by atoms with Gasteiger partial charge >= 0.3 is 5.97 Å². The number of esters is 1. The van der Waals surface area contributed by atoms with Crippen molar-refractivity contribution in [2.75, 3.05) is 25.0 Å². The molecule has 2 aromatic heterocycles. The molecule has 2 aromatic carbocycles. The van der Waals surface area contributed by atoms with Gasteiger partial charge in [0.25, 0.3) is 5.91 Å². The van der Waals surface area contributed by atoms with Crippen molar-refractivity contribution in [1.82, 2.24) is 14.1 Å². The third-order valence-corrected chi connectivity index (χ3v) is 8.63. The van der Waals surface area contributed by atoms with Crippen LogP contribution in [0, 0.1) is 0 Å². The number of sulfonamides is 1. The minimum atomic E-state index is -3.62. The van der Waals surface area contributed by atoms with Crippen molar-refractivity contribution in [3.8, 4) is 16.3 Å². The number of amides is 1.